The molecule has 0 unspecified atom stereocenters. The Morgan fingerprint density at radius 2 is 2.05 bits per heavy atom. The normalized spacial score (nSPS) is 10.8. The maximum Gasteiger partial charge on any atom is 0.143 e. The Labute approximate surface area is 109 Å². The summed E-state index contributed by atoms with van der Waals surface area (Å²) in [5, 5.41) is 0.800. The van der Waals surface area contributed by atoms with E-state index in [9.17, 15) is 0 Å². The van der Waals surface area contributed by atoms with Crippen LogP contribution in [0.5, 0.6) is 5.75 Å². The number of ether oxygens (including phenoxy) is 1. The van der Waals surface area contributed by atoms with Crippen LogP contribution in [0.2, 0.25) is 0 Å². The zero-order chi connectivity index (χ0) is 13.4. The van der Waals surface area contributed by atoms with Crippen molar-refractivity contribution >= 4 is 22.5 Å². The molecule has 0 amide bonds. The highest BCUT2D eigenvalue weighted by Gasteiger charge is 2.12. The molecule has 0 radical (unpaired) electrons. The first-order valence-corrected chi connectivity index (χ1v) is 5.72. The van der Waals surface area contributed by atoms with Crippen LogP contribution < -0.4 is 16.2 Å². The lowest BCUT2D eigenvalue weighted by Crippen LogP contribution is -1.94. The maximum atomic E-state index is 5.91. The number of aromatic nitrogens is 3. The molecule has 2 aromatic heterocycles. The highest BCUT2D eigenvalue weighted by Crippen LogP contribution is 2.34. The summed E-state index contributed by atoms with van der Waals surface area (Å²) in [6, 6.07) is 5.57. The topological polar surface area (TPSA) is 103 Å². The quantitative estimate of drug-likeness (QED) is 0.606. The smallest absolute Gasteiger partial charge is 0.143 e. The van der Waals surface area contributed by atoms with Crippen molar-refractivity contribution in [2.45, 2.75) is 0 Å². The van der Waals surface area contributed by atoms with Crippen molar-refractivity contribution in [1.82, 2.24) is 15.0 Å². The van der Waals surface area contributed by atoms with Crippen molar-refractivity contribution in [2.75, 3.05) is 18.6 Å². The Morgan fingerprint density at radius 1 is 1.21 bits per heavy atom. The molecule has 19 heavy (non-hydrogen) atoms. The SMILES string of the molecule is COc1cc(-c2c[nH]c3ncnc(N)c23)ccc1N. The van der Waals surface area contributed by atoms with E-state index in [0.717, 1.165) is 16.5 Å². The number of nitrogens with one attached hydrogen (secondary N) is 1. The van der Waals surface area contributed by atoms with Crippen LogP contribution in [0.4, 0.5) is 11.5 Å². The number of nitrogen functional groups attached to an aromatic ring is 2. The fourth-order valence-electron chi connectivity index (χ4n) is 2.09. The Bertz CT molecular complexity index is 750. The second-order valence-corrected chi connectivity index (χ2v) is 4.14. The summed E-state index contributed by atoms with van der Waals surface area (Å²) in [5.41, 5.74) is 14.9. The van der Waals surface area contributed by atoms with Gasteiger partial charge in [0.25, 0.3) is 0 Å². The number of rotatable bonds is 2. The number of hydrogen-bond donors (Lipinski definition) is 3. The van der Waals surface area contributed by atoms with Gasteiger partial charge in [0.05, 0.1) is 18.2 Å². The number of fused-ring (bicyclic) bond motifs is 1. The van der Waals surface area contributed by atoms with E-state index in [1.807, 2.05) is 18.3 Å². The molecule has 0 saturated heterocycles. The van der Waals surface area contributed by atoms with Crippen molar-refractivity contribution in [1.29, 1.82) is 0 Å². The average Bonchev–Trinajstić information content (AvgIpc) is 2.85. The Morgan fingerprint density at radius 3 is 2.84 bits per heavy atom. The van der Waals surface area contributed by atoms with Crippen LogP contribution in [0.15, 0.2) is 30.7 Å². The van der Waals surface area contributed by atoms with Gasteiger partial charge in [0.15, 0.2) is 0 Å². The average molecular weight is 255 g/mol. The lowest BCUT2D eigenvalue weighted by atomic mass is 10.1. The summed E-state index contributed by atoms with van der Waals surface area (Å²) >= 11 is 0. The van der Waals surface area contributed by atoms with E-state index in [2.05, 4.69) is 15.0 Å². The molecule has 6 nitrogen and oxygen atoms in total. The van der Waals surface area contributed by atoms with E-state index in [1.54, 1.807) is 13.2 Å². The van der Waals surface area contributed by atoms with E-state index in [0.29, 0.717) is 22.9 Å². The number of aromatic amines is 1. The van der Waals surface area contributed by atoms with Crippen molar-refractivity contribution < 1.29 is 4.74 Å². The highest BCUT2D eigenvalue weighted by molar-refractivity contribution is 6.00. The first kappa shape index (κ1) is 11.3. The van der Waals surface area contributed by atoms with Gasteiger partial charge >= 0.3 is 0 Å². The summed E-state index contributed by atoms with van der Waals surface area (Å²) in [6.45, 7) is 0. The van der Waals surface area contributed by atoms with Gasteiger partial charge in [-0.05, 0) is 17.7 Å². The first-order chi connectivity index (χ1) is 9.20. The summed E-state index contributed by atoms with van der Waals surface area (Å²) in [6.07, 6.45) is 3.28. The van der Waals surface area contributed by atoms with Crippen LogP contribution >= 0.6 is 0 Å². The molecular formula is C13H13N5O. The molecule has 0 saturated carbocycles. The van der Waals surface area contributed by atoms with Gasteiger partial charge in [0.1, 0.15) is 23.5 Å². The summed E-state index contributed by atoms with van der Waals surface area (Å²) in [7, 11) is 1.59. The molecule has 2 heterocycles. The second-order valence-electron chi connectivity index (χ2n) is 4.14. The molecule has 0 aliphatic carbocycles. The van der Waals surface area contributed by atoms with Crippen molar-refractivity contribution in [2.24, 2.45) is 0 Å². The van der Waals surface area contributed by atoms with E-state index < -0.39 is 0 Å². The maximum absolute atomic E-state index is 5.91. The number of methoxy groups -OCH3 is 1. The van der Waals surface area contributed by atoms with Gasteiger partial charge in [0, 0.05) is 11.8 Å². The number of anilines is 2. The highest BCUT2D eigenvalue weighted by atomic mass is 16.5. The van der Waals surface area contributed by atoms with Gasteiger partial charge in [-0.3, -0.25) is 0 Å². The van der Waals surface area contributed by atoms with Gasteiger partial charge in [-0.2, -0.15) is 0 Å². The molecule has 0 aliphatic rings. The third kappa shape index (κ3) is 1.74. The van der Waals surface area contributed by atoms with E-state index in [4.69, 9.17) is 16.2 Å². The van der Waals surface area contributed by atoms with E-state index in [1.165, 1.54) is 6.33 Å². The van der Waals surface area contributed by atoms with Gasteiger partial charge in [-0.1, -0.05) is 6.07 Å². The zero-order valence-electron chi connectivity index (χ0n) is 10.3. The molecule has 96 valence electrons. The second kappa shape index (κ2) is 4.16. The minimum atomic E-state index is 0.442. The summed E-state index contributed by atoms with van der Waals surface area (Å²) in [5.74, 6) is 1.07. The molecule has 3 rings (SSSR count). The number of benzene rings is 1. The summed E-state index contributed by atoms with van der Waals surface area (Å²) in [4.78, 5) is 11.2. The molecule has 0 aliphatic heterocycles. The van der Waals surface area contributed by atoms with E-state index in [-0.39, 0.29) is 0 Å². The minimum Gasteiger partial charge on any atom is -0.495 e. The van der Waals surface area contributed by atoms with Crippen molar-refractivity contribution in [3.05, 3.63) is 30.7 Å². The molecule has 0 spiro atoms. The van der Waals surface area contributed by atoms with Crippen LogP contribution in [-0.2, 0) is 0 Å². The van der Waals surface area contributed by atoms with E-state index >= 15 is 0 Å². The van der Waals surface area contributed by atoms with Crippen LogP contribution in [0.25, 0.3) is 22.2 Å². The third-order valence-electron chi connectivity index (χ3n) is 3.04. The van der Waals surface area contributed by atoms with Gasteiger partial charge in [-0.15, -0.1) is 0 Å². The molecule has 0 bridgehead atoms. The number of hydrogen-bond acceptors (Lipinski definition) is 5. The predicted octanol–water partition coefficient (Wildman–Crippen LogP) is 1.80. The fourth-order valence-corrected chi connectivity index (χ4v) is 2.09. The van der Waals surface area contributed by atoms with Crippen LogP contribution in [0.3, 0.4) is 0 Å². The van der Waals surface area contributed by atoms with Gasteiger partial charge in [0.2, 0.25) is 0 Å². The lowest BCUT2D eigenvalue weighted by Gasteiger charge is -2.07. The summed E-state index contributed by atoms with van der Waals surface area (Å²) < 4.78 is 5.23. The van der Waals surface area contributed by atoms with Crippen molar-refractivity contribution in [3.63, 3.8) is 0 Å². The molecule has 0 atom stereocenters. The van der Waals surface area contributed by atoms with Crippen LogP contribution in [0.1, 0.15) is 0 Å². The largest absolute Gasteiger partial charge is 0.495 e. The molecule has 5 N–H and O–H groups in total. The van der Waals surface area contributed by atoms with Crippen LogP contribution in [0, 0.1) is 0 Å². The Kier molecular flexibility index (Phi) is 2.49. The monoisotopic (exact) mass is 255 g/mol. The molecular weight excluding hydrogens is 242 g/mol. The van der Waals surface area contributed by atoms with Gasteiger partial charge in [-0.25, -0.2) is 9.97 Å². The van der Waals surface area contributed by atoms with Crippen LogP contribution in [-0.4, -0.2) is 22.1 Å². The molecule has 6 heteroatoms. The Hall–Kier alpha value is -2.76. The fraction of sp³-hybridized carbons (Fsp3) is 0.0769. The number of nitrogens with two attached hydrogens (primary N) is 2. The zero-order valence-corrected chi connectivity index (χ0v) is 10.3. The molecule has 3 aromatic rings. The number of nitrogens with zero attached hydrogens (tertiary/aromatic N) is 2. The molecule has 0 fully saturated rings. The third-order valence-corrected chi connectivity index (χ3v) is 3.04. The first-order valence-electron chi connectivity index (χ1n) is 5.72. The predicted molar refractivity (Wildman–Crippen MR) is 74.7 cm³/mol. The van der Waals surface area contributed by atoms with Gasteiger partial charge < -0.3 is 21.2 Å². The molecule has 1 aromatic carbocycles. The number of H-pyrrole nitrogens is 1. The Balaban J connectivity index is 2.25. The lowest BCUT2D eigenvalue weighted by molar-refractivity contribution is 0.417. The standard InChI is InChI=1S/C13H13N5O/c1-19-10-4-7(2-3-9(10)14)8-5-16-13-11(8)12(15)17-6-18-13/h2-6H,14H2,1H3,(H3,15,16,17,18). The van der Waals surface area contributed by atoms with Crippen molar-refractivity contribution in [3.8, 4) is 16.9 Å². The minimum absolute atomic E-state index is 0.442.